The molecule has 0 bridgehead atoms. The first kappa shape index (κ1) is 22.0. The van der Waals surface area contributed by atoms with Crippen molar-refractivity contribution in [3.8, 4) is 0 Å². The van der Waals surface area contributed by atoms with Gasteiger partial charge in [0.2, 0.25) is 5.12 Å². The molecule has 0 aliphatic carbocycles. The number of hydrogen-bond donors (Lipinski definition) is 4. The van der Waals surface area contributed by atoms with Crippen LogP contribution in [0.2, 0.25) is 0 Å². The van der Waals surface area contributed by atoms with E-state index in [0.29, 0.717) is 12.8 Å². The fraction of sp³-hybridized carbons (Fsp3) is 0.846. The Balaban J connectivity index is 0. The zero-order chi connectivity index (χ0) is 16.1. The van der Waals surface area contributed by atoms with Gasteiger partial charge in [0.05, 0.1) is 0 Å². The number of rotatable bonds is 9. The highest BCUT2D eigenvalue weighted by Gasteiger charge is 2.16. The van der Waals surface area contributed by atoms with E-state index >= 15 is 0 Å². The third-order valence-corrected chi connectivity index (χ3v) is 3.23. The maximum absolute atomic E-state index is 10.7. The molecule has 0 rings (SSSR count). The quantitative estimate of drug-likeness (QED) is 0.484. The molecule has 5 nitrogen and oxygen atoms in total. The van der Waals surface area contributed by atoms with E-state index in [2.05, 4.69) is 17.9 Å². The number of hydrogen-bond acceptors (Lipinski definition) is 5. The van der Waals surface area contributed by atoms with Crippen LogP contribution in [0.15, 0.2) is 0 Å². The molecule has 120 valence electrons. The largest absolute Gasteiger partial charge is 0.480 e. The Bertz CT molecular complexity index is 275. The fourth-order valence-electron chi connectivity index (χ4n) is 1.31. The summed E-state index contributed by atoms with van der Waals surface area (Å²) in [5.41, 5.74) is 0. The van der Waals surface area contributed by atoms with E-state index in [9.17, 15) is 9.59 Å². The van der Waals surface area contributed by atoms with Crippen molar-refractivity contribution in [1.29, 1.82) is 0 Å². The molecule has 0 aromatic heterocycles. The lowest BCUT2D eigenvalue weighted by atomic mass is 10.2. The number of nitrogens with one attached hydrogen (secondary N) is 1. The summed E-state index contributed by atoms with van der Waals surface area (Å²) in [5, 5.41) is 20.0. The summed E-state index contributed by atoms with van der Waals surface area (Å²) in [7, 11) is 0. The number of aliphatic carboxylic acids is 1. The summed E-state index contributed by atoms with van der Waals surface area (Å²) in [4.78, 5) is 20.8. The van der Waals surface area contributed by atoms with Crippen LogP contribution in [0.25, 0.3) is 0 Å². The van der Waals surface area contributed by atoms with Gasteiger partial charge in [0.25, 0.3) is 0 Å². The first-order valence-electron chi connectivity index (χ1n) is 6.64. The Labute approximate surface area is 131 Å². The van der Waals surface area contributed by atoms with Gasteiger partial charge in [-0.25, -0.2) is 0 Å². The second-order valence-corrected chi connectivity index (χ2v) is 6.06. The molecule has 0 aliphatic rings. The maximum Gasteiger partial charge on any atom is 0.320 e. The van der Waals surface area contributed by atoms with Crippen molar-refractivity contribution in [1.82, 2.24) is 5.32 Å². The van der Waals surface area contributed by atoms with E-state index in [1.54, 1.807) is 11.8 Å². The molecule has 20 heavy (non-hydrogen) atoms. The average molecular weight is 325 g/mol. The Kier molecular flexibility index (Phi) is 15.1. The highest BCUT2D eigenvalue weighted by atomic mass is 32.2. The molecule has 0 spiro atoms. The predicted molar refractivity (Wildman–Crippen MR) is 87.6 cm³/mol. The standard InChI is InChI=1S/C8H17NO2S.C5H10O2S/c1-6(2)9-7(8(10)11)4-5-12-3;1-2-3-4(6)5(7)8/h6-7,9H,4-5H2,1-3H3,(H,10,11);4,6H,2-3H2,1H3,(H,7,8)/t7-;4-/m01/s1. The van der Waals surface area contributed by atoms with Crippen LogP contribution in [0, 0.1) is 0 Å². The Morgan fingerprint density at radius 3 is 2.10 bits per heavy atom. The Morgan fingerprint density at radius 2 is 1.85 bits per heavy atom. The van der Waals surface area contributed by atoms with Crippen molar-refractivity contribution < 1.29 is 19.8 Å². The molecule has 0 fully saturated rings. The number of thioether (sulfide) groups is 1. The van der Waals surface area contributed by atoms with Crippen LogP contribution < -0.4 is 5.32 Å². The SMILES string of the molecule is CCC[C@@H](O)C(=O)S.CSCC[C@H](NC(C)C)C(=O)O. The first-order chi connectivity index (χ1) is 9.26. The maximum atomic E-state index is 10.7. The van der Waals surface area contributed by atoms with Crippen molar-refractivity contribution in [2.75, 3.05) is 12.0 Å². The van der Waals surface area contributed by atoms with Gasteiger partial charge >= 0.3 is 5.97 Å². The number of aliphatic hydroxyl groups is 1. The van der Waals surface area contributed by atoms with Crippen molar-refractivity contribution in [3.63, 3.8) is 0 Å². The Hall–Kier alpha value is -0.240. The molecule has 0 radical (unpaired) electrons. The van der Waals surface area contributed by atoms with Crippen LogP contribution >= 0.6 is 24.4 Å². The van der Waals surface area contributed by atoms with Crippen LogP contribution in [-0.2, 0) is 9.59 Å². The fourth-order valence-corrected chi connectivity index (χ4v) is 1.91. The number of thiol groups is 1. The van der Waals surface area contributed by atoms with E-state index in [1.165, 1.54) is 0 Å². The highest BCUT2D eigenvalue weighted by molar-refractivity contribution is 7.98. The first-order valence-corrected chi connectivity index (χ1v) is 8.48. The molecular formula is C13H27NO4S2. The van der Waals surface area contributed by atoms with Gasteiger partial charge in [-0.1, -0.05) is 27.2 Å². The van der Waals surface area contributed by atoms with Crippen molar-refractivity contribution >= 4 is 35.5 Å². The van der Waals surface area contributed by atoms with E-state index in [1.807, 2.05) is 27.0 Å². The molecule has 0 aliphatic heterocycles. The molecule has 0 heterocycles. The zero-order valence-corrected chi connectivity index (χ0v) is 14.3. The minimum atomic E-state index is -0.858. The monoisotopic (exact) mass is 325 g/mol. The third kappa shape index (κ3) is 14.2. The molecule has 7 heteroatoms. The van der Waals surface area contributed by atoms with Gasteiger partial charge in [0.1, 0.15) is 12.1 Å². The van der Waals surface area contributed by atoms with Crippen LogP contribution in [0.3, 0.4) is 0 Å². The lowest BCUT2D eigenvalue weighted by molar-refractivity contribution is -0.139. The average Bonchev–Trinajstić information content (AvgIpc) is 2.34. The minimum Gasteiger partial charge on any atom is -0.480 e. The molecule has 0 saturated heterocycles. The molecule has 0 aromatic rings. The summed E-state index contributed by atoms with van der Waals surface area (Å²) in [6.45, 7) is 5.81. The number of aliphatic hydroxyl groups excluding tert-OH is 1. The number of carbonyl (C=O) groups is 2. The number of carboxylic acids is 1. The molecule has 0 saturated carbocycles. The molecule has 0 aromatic carbocycles. The second kappa shape index (κ2) is 13.7. The van der Waals surface area contributed by atoms with Gasteiger partial charge < -0.3 is 15.5 Å². The summed E-state index contributed by atoms with van der Waals surface area (Å²) in [6, 6.07) is -0.162. The summed E-state index contributed by atoms with van der Waals surface area (Å²) >= 11 is 5.11. The molecule has 0 unspecified atom stereocenters. The predicted octanol–water partition coefficient (Wildman–Crippen LogP) is 1.79. The molecule has 2 atom stereocenters. The van der Waals surface area contributed by atoms with Crippen molar-refractivity contribution in [2.45, 2.75) is 58.2 Å². The van der Waals surface area contributed by atoms with Crippen LogP contribution in [-0.4, -0.2) is 51.5 Å². The molecular weight excluding hydrogens is 298 g/mol. The summed E-state index contributed by atoms with van der Waals surface area (Å²) in [6.07, 6.45) is 3.14. The van der Waals surface area contributed by atoms with Crippen molar-refractivity contribution in [2.24, 2.45) is 0 Å². The van der Waals surface area contributed by atoms with Gasteiger partial charge in [-0.05, 0) is 24.9 Å². The Morgan fingerprint density at radius 1 is 1.30 bits per heavy atom. The van der Waals surface area contributed by atoms with E-state index in [-0.39, 0.29) is 6.04 Å². The topological polar surface area (TPSA) is 86.6 Å². The van der Waals surface area contributed by atoms with Crippen LogP contribution in [0.5, 0.6) is 0 Å². The molecule has 0 amide bonds. The van der Waals surface area contributed by atoms with Gasteiger partial charge in [-0.15, -0.1) is 12.6 Å². The smallest absolute Gasteiger partial charge is 0.320 e. The van der Waals surface area contributed by atoms with Crippen LogP contribution in [0.1, 0.15) is 40.0 Å². The number of carboxylic acid groups (broad SMARTS) is 1. The number of carbonyl (C=O) groups excluding carboxylic acids is 1. The lowest BCUT2D eigenvalue weighted by Crippen LogP contribution is -2.41. The van der Waals surface area contributed by atoms with Crippen LogP contribution in [0.4, 0.5) is 0 Å². The van der Waals surface area contributed by atoms with Gasteiger partial charge in [0.15, 0.2) is 0 Å². The normalized spacial score (nSPS) is 13.3. The zero-order valence-electron chi connectivity index (χ0n) is 12.6. The van der Waals surface area contributed by atoms with E-state index in [4.69, 9.17) is 10.2 Å². The second-order valence-electron chi connectivity index (χ2n) is 4.64. The van der Waals surface area contributed by atoms with E-state index < -0.39 is 23.2 Å². The van der Waals surface area contributed by atoms with Gasteiger partial charge in [-0.3, -0.25) is 9.59 Å². The minimum absolute atomic E-state index is 0.230. The molecule has 3 N–H and O–H groups in total. The lowest BCUT2D eigenvalue weighted by Gasteiger charge is -2.16. The third-order valence-electron chi connectivity index (χ3n) is 2.29. The van der Waals surface area contributed by atoms with E-state index in [0.717, 1.165) is 12.2 Å². The van der Waals surface area contributed by atoms with Gasteiger partial charge in [-0.2, -0.15) is 11.8 Å². The highest BCUT2D eigenvalue weighted by Crippen LogP contribution is 2.01. The van der Waals surface area contributed by atoms with Gasteiger partial charge in [0, 0.05) is 6.04 Å². The summed E-state index contributed by atoms with van der Waals surface area (Å²) in [5.74, 6) is 0.134. The van der Waals surface area contributed by atoms with Crippen molar-refractivity contribution in [3.05, 3.63) is 0 Å². The summed E-state index contributed by atoms with van der Waals surface area (Å²) < 4.78 is 0.